The fourth-order valence-electron chi connectivity index (χ4n) is 3.04. The van der Waals surface area contributed by atoms with Crippen LogP contribution in [0.25, 0.3) is 11.1 Å². The van der Waals surface area contributed by atoms with Crippen molar-refractivity contribution in [2.45, 2.75) is 24.5 Å². The summed E-state index contributed by atoms with van der Waals surface area (Å²) in [4.78, 5) is 13.2. The number of hydrogen-bond donors (Lipinski definition) is 1. The van der Waals surface area contributed by atoms with Crippen molar-refractivity contribution in [2.75, 3.05) is 13.1 Å². The fourth-order valence-corrected chi connectivity index (χ4v) is 3.91. The molecule has 174 valence electrons. The largest absolute Gasteiger partial charge is 0.416 e. The average molecular weight is 481 g/mol. The Hall–Kier alpha value is -2.91. The van der Waals surface area contributed by atoms with Crippen molar-refractivity contribution >= 4 is 17.9 Å². The standard InChI is InChI=1S/C24H21F5N2OS/c1-2-31(33-22-9-7-20(25)8-10-22)15-23(32)30-14-16-11-18(13-21(26)12-16)17-3-5-19(6-4-17)24(27,28)29/h3-13H,2,14-15H2,1H3,(H,30,32). The molecule has 0 saturated carbocycles. The van der Waals surface area contributed by atoms with Crippen LogP contribution in [0, 0.1) is 11.6 Å². The van der Waals surface area contributed by atoms with Crippen molar-refractivity contribution in [1.29, 1.82) is 0 Å². The van der Waals surface area contributed by atoms with E-state index in [1.807, 2.05) is 6.92 Å². The van der Waals surface area contributed by atoms with Gasteiger partial charge in [0.1, 0.15) is 11.6 Å². The quantitative estimate of drug-likeness (QED) is 0.304. The van der Waals surface area contributed by atoms with Crippen LogP contribution < -0.4 is 5.32 Å². The molecule has 0 atom stereocenters. The highest BCUT2D eigenvalue weighted by atomic mass is 32.2. The van der Waals surface area contributed by atoms with Crippen molar-refractivity contribution < 1.29 is 26.7 Å². The van der Waals surface area contributed by atoms with Gasteiger partial charge in [0, 0.05) is 18.0 Å². The number of rotatable bonds is 8. The van der Waals surface area contributed by atoms with Crippen molar-refractivity contribution in [1.82, 2.24) is 9.62 Å². The lowest BCUT2D eigenvalue weighted by atomic mass is 10.0. The first-order valence-electron chi connectivity index (χ1n) is 10.1. The Kier molecular flexibility index (Phi) is 8.10. The van der Waals surface area contributed by atoms with E-state index in [1.165, 1.54) is 48.3 Å². The Balaban J connectivity index is 1.62. The third kappa shape index (κ3) is 7.30. The third-order valence-corrected chi connectivity index (χ3v) is 5.84. The molecule has 0 unspecified atom stereocenters. The number of alkyl halides is 3. The summed E-state index contributed by atoms with van der Waals surface area (Å²) < 4.78 is 67.2. The monoisotopic (exact) mass is 480 g/mol. The molecule has 3 aromatic rings. The first-order chi connectivity index (χ1) is 15.6. The van der Waals surface area contributed by atoms with Crippen LogP contribution in [0.15, 0.2) is 71.6 Å². The van der Waals surface area contributed by atoms with Gasteiger partial charge in [-0.05, 0) is 83.2 Å². The van der Waals surface area contributed by atoms with E-state index in [-0.39, 0.29) is 24.8 Å². The van der Waals surface area contributed by atoms with Crippen LogP contribution in [0.2, 0.25) is 0 Å². The van der Waals surface area contributed by atoms with Crippen LogP contribution in [-0.2, 0) is 17.5 Å². The molecule has 0 saturated heterocycles. The van der Waals surface area contributed by atoms with E-state index in [9.17, 15) is 26.7 Å². The van der Waals surface area contributed by atoms with Crippen molar-refractivity contribution in [3.8, 4) is 11.1 Å². The predicted molar refractivity (Wildman–Crippen MR) is 118 cm³/mol. The normalized spacial score (nSPS) is 11.6. The highest BCUT2D eigenvalue weighted by Gasteiger charge is 2.30. The zero-order chi connectivity index (χ0) is 24.0. The lowest BCUT2D eigenvalue weighted by Gasteiger charge is -2.18. The van der Waals surface area contributed by atoms with Gasteiger partial charge in [-0.15, -0.1) is 0 Å². The molecule has 0 radical (unpaired) electrons. The first-order valence-corrected chi connectivity index (χ1v) is 10.8. The van der Waals surface area contributed by atoms with Gasteiger partial charge >= 0.3 is 6.18 Å². The topological polar surface area (TPSA) is 32.3 Å². The van der Waals surface area contributed by atoms with E-state index >= 15 is 0 Å². The number of likely N-dealkylation sites (N-methyl/N-ethyl adjacent to an activating group) is 1. The molecule has 0 aliphatic heterocycles. The van der Waals surface area contributed by atoms with Crippen molar-refractivity contribution in [3.05, 3.63) is 89.5 Å². The molecule has 1 amide bonds. The molecule has 0 aliphatic rings. The molecule has 0 fully saturated rings. The summed E-state index contributed by atoms with van der Waals surface area (Å²) in [5.41, 5.74) is 0.541. The minimum Gasteiger partial charge on any atom is -0.351 e. The number of carbonyl (C=O) groups excluding carboxylic acids is 1. The molecule has 33 heavy (non-hydrogen) atoms. The number of halogens is 5. The fraction of sp³-hybridized carbons (Fsp3) is 0.208. The first kappa shape index (κ1) is 24.7. The number of benzene rings is 3. The van der Waals surface area contributed by atoms with Crippen LogP contribution in [-0.4, -0.2) is 23.3 Å². The van der Waals surface area contributed by atoms with E-state index in [2.05, 4.69) is 5.32 Å². The van der Waals surface area contributed by atoms with E-state index in [1.54, 1.807) is 22.5 Å². The molecule has 0 bridgehead atoms. The van der Waals surface area contributed by atoms with Crippen molar-refractivity contribution in [2.24, 2.45) is 0 Å². The van der Waals surface area contributed by atoms with Gasteiger partial charge in [0.25, 0.3) is 0 Å². The molecular formula is C24H21F5N2OS. The van der Waals surface area contributed by atoms with Crippen LogP contribution in [0.5, 0.6) is 0 Å². The Labute approximate surface area is 192 Å². The highest BCUT2D eigenvalue weighted by Crippen LogP contribution is 2.31. The van der Waals surface area contributed by atoms with Gasteiger partial charge in [-0.25, -0.2) is 13.1 Å². The number of amides is 1. The van der Waals surface area contributed by atoms with Crippen LogP contribution in [0.4, 0.5) is 22.0 Å². The second-order valence-corrected chi connectivity index (χ2v) is 8.37. The van der Waals surface area contributed by atoms with E-state index in [0.29, 0.717) is 23.2 Å². The average Bonchev–Trinajstić information content (AvgIpc) is 2.78. The summed E-state index contributed by atoms with van der Waals surface area (Å²) in [6.07, 6.45) is -4.45. The van der Waals surface area contributed by atoms with Gasteiger partial charge in [-0.3, -0.25) is 4.79 Å². The third-order valence-electron chi connectivity index (χ3n) is 4.71. The van der Waals surface area contributed by atoms with Gasteiger partial charge in [0.05, 0.1) is 12.1 Å². The zero-order valence-electron chi connectivity index (χ0n) is 17.6. The van der Waals surface area contributed by atoms with E-state index < -0.39 is 17.6 Å². The summed E-state index contributed by atoms with van der Waals surface area (Å²) in [6, 6.07) is 14.5. The van der Waals surface area contributed by atoms with Gasteiger partial charge in [-0.2, -0.15) is 13.2 Å². The molecule has 1 N–H and O–H groups in total. The van der Waals surface area contributed by atoms with Crippen LogP contribution >= 0.6 is 11.9 Å². The predicted octanol–water partition coefficient (Wildman–Crippen LogP) is 6.30. The molecule has 0 heterocycles. The molecule has 3 aromatic carbocycles. The maximum Gasteiger partial charge on any atom is 0.416 e. The minimum absolute atomic E-state index is 0.0585. The maximum absolute atomic E-state index is 14.1. The number of hydrogen-bond acceptors (Lipinski definition) is 3. The molecule has 9 heteroatoms. The second kappa shape index (κ2) is 10.8. The second-order valence-electron chi connectivity index (χ2n) is 7.20. The molecule has 0 aliphatic carbocycles. The van der Waals surface area contributed by atoms with E-state index in [4.69, 9.17) is 0 Å². The van der Waals surface area contributed by atoms with E-state index in [0.717, 1.165) is 17.0 Å². The van der Waals surface area contributed by atoms with Crippen LogP contribution in [0.1, 0.15) is 18.1 Å². The van der Waals surface area contributed by atoms with Crippen molar-refractivity contribution in [3.63, 3.8) is 0 Å². The van der Waals surface area contributed by atoms with Gasteiger partial charge in [0.15, 0.2) is 0 Å². The lowest BCUT2D eigenvalue weighted by Crippen LogP contribution is -2.33. The minimum atomic E-state index is -4.45. The Morgan fingerprint density at radius 3 is 2.18 bits per heavy atom. The summed E-state index contributed by atoms with van der Waals surface area (Å²) in [7, 11) is 0. The van der Waals surface area contributed by atoms with Gasteiger partial charge in [0.2, 0.25) is 5.91 Å². The summed E-state index contributed by atoms with van der Waals surface area (Å²) in [6.45, 7) is 2.57. The summed E-state index contributed by atoms with van der Waals surface area (Å²) in [5, 5.41) is 2.72. The molecule has 3 nitrogen and oxygen atoms in total. The Morgan fingerprint density at radius 2 is 1.58 bits per heavy atom. The Morgan fingerprint density at radius 1 is 0.909 bits per heavy atom. The maximum atomic E-state index is 14.1. The number of nitrogens with zero attached hydrogens (tertiary/aromatic N) is 1. The number of nitrogens with one attached hydrogen (secondary N) is 1. The number of carbonyl (C=O) groups is 1. The summed E-state index contributed by atoms with van der Waals surface area (Å²) in [5.74, 6) is -1.18. The molecule has 0 spiro atoms. The van der Waals surface area contributed by atoms with Gasteiger partial charge in [-0.1, -0.05) is 19.1 Å². The Bertz CT molecular complexity index is 1090. The molecule has 0 aromatic heterocycles. The smallest absolute Gasteiger partial charge is 0.351 e. The van der Waals surface area contributed by atoms with Crippen LogP contribution in [0.3, 0.4) is 0 Å². The summed E-state index contributed by atoms with van der Waals surface area (Å²) >= 11 is 1.32. The molecule has 3 rings (SSSR count). The highest BCUT2D eigenvalue weighted by molar-refractivity contribution is 7.97. The zero-order valence-corrected chi connectivity index (χ0v) is 18.4. The van der Waals surface area contributed by atoms with Gasteiger partial charge < -0.3 is 5.32 Å². The molecular weight excluding hydrogens is 459 g/mol. The lowest BCUT2D eigenvalue weighted by molar-refractivity contribution is -0.137. The SMILES string of the molecule is CCN(CC(=O)NCc1cc(F)cc(-c2ccc(C(F)(F)F)cc2)c1)Sc1ccc(F)cc1.